The van der Waals surface area contributed by atoms with Gasteiger partial charge in [-0.3, -0.25) is 4.68 Å². The number of allylic oxidation sites excluding steroid dienone is 1. The van der Waals surface area contributed by atoms with Gasteiger partial charge in [0.15, 0.2) is 0 Å². The van der Waals surface area contributed by atoms with Crippen molar-refractivity contribution in [1.82, 2.24) is 15.1 Å². The molecule has 20 heavy (non-hydrogen) atoms. The Morgan fingerprint density at radius 3 is 2.80 bits per heavy atom. The summed E-state index contributed by atoms with van der Waals surface area (Å²) >= 11 is 0. The molecule has 1 heterocycles. The topological polar surface area (TPSA) is 29.9 Å². The lowest BCUT2D eigenvalue weighted by Crippen LogP contribution is -2.15. The third-order valence-corrected chi connectivity index (χ3v) is 3.43. The number of nitrogens with one attached hydrogen (secondary N) is 1. The first-order chi connectivity index (χ1) is 9.86. The number of hydrogen-bond acceptors (Lipinski definition) is 2. The number of para-hydroxylation sites is 1. The maximum absolute atomic E-state index is 4.70. The van der Waals surface area contributed by atoms with Crippen molar-refractivity contribution in [2.24, 2.45) is 0 Å². The fourth-order valence-corrected chi connectivity index (χ4v) is 2.39. The van der Waals surface area contributed by atoms with Crippen LogP contribution in [0.25, 0.3) is 10.9 Å². The summed E-state index contributed by atoms with van der Waals surface area (Å²) in [6, 6.07) is 8.48. The van der Waals surface area contributed by atoms with Crippen molar-refractivity contribution in [1.29, 1.82) is 0 Å². The molecule has 0 spiro atoms. The Hall–Kier alpha value is -1.61. The number of fused-ring (bicyclic) bond motifs is 1. The molecule has 0 saturated carbocycles. The summed E-state index contributed by atoms with van der Waals surface area (Å²) in [6.07, 6.45) is 7.70. The van der Waals surface area contributed by atoms with E-state index in [1.54, 1.807) is 0 Å². The van der Waals surface area contributed by atoms with Gasteiger partial charge >= 0.3 is 0 Å². The monoisotopic (exact) mass is 271 g/mol. The Kier molecular flexibility index (Phi) is 5.81. The van der Waals surface area contributed by atoms with Gasteiger partial charge in [-0.2, -0.15) is 5.10 Å². The standard InChI is InChI=1S/C17H25N3/c1-3-13-18-14-9-5-6-11-16-15-10-7-8-12-17(15)20(4-2)19-16/h5-8,10,12,18H,3-4,9,11,13-14H2,1-2H3. The molecular formula is C17H25N3. The van der Waals surface area contributed by atoms with Crippen LogP contribution in [0.1, 0.15) is 32.4 Å². The van der Waals surface area contributed by atoms with E-state index in [4.69, 9.17) is 5.10 Å². The molecular weight excluding hydrogens is 246 g/mol. The molecule has 0 saturated heterocycles. The zero-order chi connectivity index (χ0) is 14.2. The van der Waals surface area contributed by atoms with Crippen LogP contribution in [0, 0.1) is 0 Å². The van der Waals surface area contributed by atoms with Crippen LogP contribution in [0.2, 0.25) is 0 Å². The van der Waals surface area contributed by atoms with E-state index in [0.717, 1.165) is 32.5 Å². The third-order valence-electron chi connectivity index (χ3n) is 3.43. The quantitative estimate of drug-likeness (QED) is 0.588. The molecule has 0 amide bonds. The maximum atomic E-state index is 4.70. The minimum atomic E-state index is 0.918. The third kappa shape index (κ3) is 3.70. The molecule has 1 aromatic carbocycles. The largest absolute Gasteiger partial charge is 0.316 e. The molecule has 0 bridgehead atoms. The van der Waals surface area contributed by atoms with Crippen LogP contribution in [0.4, 0.5) is 0 Å². The molecule has 2 aromatic rings. The van der Waals surface area contributed by atoms with Crippen molar-refractivity contribution in [3.63, 3.8) is 0 Å². The van der Waals surface area contributed by atoms with Gasteiger partial charge in [-0.05, 0) is 38.9 Å². The molecule has 108 valence electrons. The normalized spacial score (nSPS) is 11.7. The molecule has 0 unspecified atom stereocenters. The second-order valence-corrected chi connectivity index (χ2v) is 4.99. The number of aromatic nitrogens is 2. The summed E-state index contributed by atoms with van der Waals surface area (Å²) in [5, 5.41) is 9.39. The molecule has 0 atom stereocenters. The predicted octanol–water partition coefficient (Wildman–Crippen LogP) is 3.54. The van der Waals surface area contributed by atoms with Crippen LogP contribution >= 0.6 is 0 Å². The zero-order valence-corrected chi connectivity index (χ0v) is 12.6. The van der Waals surface area contributed by atoms with E-state index in [1.165, 1.54) is 23.0 Å². The van der Waals surface area contributed by atoms with Crippen molar-refractivity contribution in [2.45, 2.75) is 39.7 Å². The lowest BCUT2D eigenvalue weighted by molar-refractivity contribution is 0.671. The van der Waals surface area contributed by atoms with Crippen molar-refractivity contribution in [3.8, 4) is 0 Å². The van der Waals surface area contributed by atoms with Crippen LogP contribution < -0.4 is 5.32 Å². The average molecular weight is 271 g/mol. The minimum absolute atomic E-state index is 0.918. The van der Waals surface area contributed by atoms with Crippen LogP contribution in [-0.2, 0) is 13.0 Å². The van der Waals surface area contributed by atoms with E-state index in [9.17, 15) is 0 Å². The Labute approximate surface area is 121 Å². The van der Waals surface area contributed by atoms with Crippen molar-refractivity contribution in [2.75, 3.05) is 13.1 Å². The predicted molar refractivity (Wildman–Crippen MR) is 86.0 cm³/mol. The van der Waals surface area contributed by atoms with Gasteiger partial charge in [-0.25, -0.2) is 0 Å². The highest BCUT2D eigenvalue weighted by Gasteiger charge is 2.06. The summed E-state index contributed by atoms with van der Waals surface area (Å²) in [4.78, 5) is 0. The highest BCUT2D eigenvalue weighted by atomic mass is 15.3. The Morgan fingerprint density at radius 2 is 2.00 bits per heavy atom. The molecule has 3 nitrogen and oxygen atoms in total. The molecule has 1 aromatic heterocycles. The Balaban J connectivity index is 1.94. The number of nitrogens with zero attached hydrogens (tertiary/aromatic N) is 2. The van der Waals surface area contributed by atoms with Gasteiger partial charge < -0.3 is 5.32 Å². The van der Waals surface area contributed by atoms with Crippen molar-refractivity contribution < 1.29 is 0 Å². The van der Waals surface area contributed by atoms with Crippen LogP contribution in [0.5, 0.6) is 0 Å². The summed E-state index contributed by atoms with van der Waals surface area (Å²) < 4.78 is 2.08. The van der Waals surface area contributed by atoms with Gasteiger partial charge in [0.05, 0.1) is 11.2 Å². The molecule has 0 radical (unpaired) electrons. The molecule has 2 rings (SSSR count). The highest BCUT2D eigenvalue weighted by Crippen LogP contribution is 2.18. The van der Waals surface area contributed by atoms with E-state index in [1.807, 2.05) is 0 Å². The van der Waals surface area contributed by atoms with Gasteiger partial charge in [-0.1, -0.05) is 37.3 Å². The van der Waals surface area contributed by atoms with Crippen LogP contribution in [0.15, 0.2) is 36.4 Å². The second-order valence-electron chi connectivity index (χ2n) is 4.99. The van der Waals surface area contributed by atoms with Gasteiger partial charge in [0, 0.05) is 18.4 Å². The van der Waals surface area contributed by atoms with E-state index in [2.05, 4.69) is 60.3 Å². The molecule has 1 N–H and O–H groups in total. The molecule has 0 aliphatic rings. The van der Waals surface area contributed by atoms with E-state index in [0.29, 0.717) is 0 Å². The number of hydrogen-bond donors (Lipinski definition) is 1. The number of rotatable bonds is 8. The van der Waals surface area contributed by atoms with E-state index in [-0.39, 0.29) is 0 Å². The summed E-state index contributed by atoms with van der Waals surface area (Å²) in [6.45, 7) is 7.43. The summed E-state index contributed by atoms with van der Waals surface area (Å²) in [7, 11) is 0. The van der Waals surface area contributed by atoms with Crippen LogP contribution in [0.3, 0.4) is 0 Å². The fraction of sp³-hybridized carbons (Fsp3) is 0.471. The first-order valence-corrected chi connectivity index (χ1v) is 7.67. The van der Waals surface area contributed by atoms with Gasteiger partial charge in [0.25, 0.3) is 0 Å². The van der Waals surface area contributed by atoms with Gasteiger partial charge in [-0.15, -0.1) is 0 Å². The Morgan fingerprint density at radius 1 is 1.15 bits per heavy atom. The molecule has 0 fully saturated rings. The van der Waals surface area contributed by atoms with E-state index >= 15 is 0 Å². The van der Waals surface area contributed by atoms with Gasteiger partial charge in [0.1, 0.15) is 0 Å². The van der Waals surface area contributed by atoms with Crippen molar-refractivity contribution in [3.05, 3.63) is 42.1 Å². The SMILES string of the molecule is CCCNCCC=CCc1nn(CC)c2ccccc12. The van der Waals surface area contributed by atoms with Gasteiger partial charge in [0.2, 0.25) is 0 Å². The summed E-state index contributed by atoms with van der Waals surface area (Å²) in [5.74, 6) is 0. The van der Waals surface area contributed by atoms with Crippen LogP contribution in [-0.4, -0.2) is 22.9 Å². The molecule has 0 aliphatic heterocycles. The maximum Gasteiger partial charge on any atom is 0.0740 e. The zero-order valence-electron chi connectivity index (χ0n) is 12.6. The second kappa shape index (κ2) is 7.85. The number of benzene rings is 1. The highest BCUT2D eigenvalue weighted by molar-refractivity contribution is 5.82. The fourth-order valence-electron chi connectivity index (χ4n) is 2.39. The average Bonchev–Trinajstić information content (AvgIpc) is 2.85. The minimum Gasteiger partial charge on any atom is -0.316 e. The lowest BCUT2D eigenvalue weighted by Gasteiger charge is -1.98. The van der Waals surface area contributed by atoms with E-state index < -0.39 is 0 Å². The Bertz CT molecular complexity index is 554. The molecule has 0 aliphatic carbocycles. The number of aryl methyl sites for hydroxylation is 1. The first-order valence-electron chi connectivity index (χ1n) is 7.67. The summed E-state index contributed by atoms with van der Waals surface area (Å²) in [5.41, 5.74) is 2.42. The first kappa shape index (κ1) is 14.8. The lowest BCUT2D eigenvalue weighted by atomic mass is 10.1. The smallest absolute Gasteiger partial charge is 0.0740 e. The molecule has 3 heteroatoms. The van der Waals surface area contributed by atoms with Crippen molar-refractivity contribution >= 4 is 10.9 Å².